The maximum atomic E-state index is 14.7. The van der Waals surface area contributed by atoms with Gasteiger partial charge in [-0.2, -0.15) is 0 Å². The molecule has 2 aliphatic heterocycles. The van der Waals surface area contributed by atoms with Crippen LogP contribution in [0, 0.1) is 23.0 Å². The highest BCUT2D eigenvalue weighted by atomic mass is 19.1. The average molecular weight is 549 g/mol. The summed E-state index contributed by atoms with van der Waals surface area (Å²) in [5.74, 6) is -6.67. The van der Waals surface area contributed by atoms with Crippen molar-refractivity contribution < 1.29 is 28.0 Å². The van der Waals surface area contributed by atoms with Crippen LogP contribution in [0.1, 0.15) is 28.5 Å². The fourth-order valence-electron chi connectivity index (χ4n) is 6.96. The van der Waals surface area contributed by atoms with Gasteiger partial charge in [0.15, 0.2) is 0 Å². The van der Waals surface area contributed by atoms with E-state index in [4.69, 9.17) is 0 Å². The quantitative estimate of drug-likeness (QED) is 0.331. The molecular formula is C33H22F2N2O4. The van der Waals surface area contributed by atoms with Crippen LogP contribution >= 0.6 is 0 Å². The molecule has 7 rings (SSSR count). The molecular weight excluding hydrogens is 526 g/mol. The molecule has 0 N–H and O–H groups in total. The summed E-state index contributed by atoms with van der Waals surface area (Å²) in [7, 11) is 0. The van der Waals surface area contributed by atoms with Gasteiger partial charge in [-0.1, -0.05) is 54.6 Å². The standard InChI is InChI=1S/C33H22F2N2O4/c34-20-10-14-22(15-11-20)36-29(38)26-24-8-4-5-9-25(24)27-30(39)37(23-16-12-21(35)13-17-23)32(41)33(27,28(26)31(36)40)18-19-6-2-1-3-7-19/h1-17,26-28H,18H2/t26-,27+,28-,33-/m1/s1. The third-order valence-corrected chi connectivity index (χ3v) is 8.60. The van der Waals surface area contributed by atoms with Crippen LogP contribution in [0.2, 0.25) is 0 Å². The van der Waals surface area contributed by atoms with Gasteiger partial charge in [-0.3, -0.25) is 19.2 Å². The molecule has 6 nitrogen and oxygen atoms in total. The van der Waals surface area contributed by atoms with E-state index in [-0.39, 0.29) is 17.8 Å². The Labute approximate surface area is 233 Å². The number of nitrogens with zero attached hydrogens (tertiary/aromatic N) is 2. The number of imide groups is 2. The molecule has 4 aromatic rings. The Morgan fingerprint density at radius 1 is 0.585 bits per heavy atom. The number of halogens is 2. The summed E-state index contributed by atoms with van der Waals surface area (Å²) in [6.07, 6.45) is 0.0204. The molecule has 1 aliphatic carbocycles. The van der Waals surface area contributed by atoms with E-state index in [1.54, 1.807) is 36.4 Å². The second-order valence-corrected chi connectivity index (χ2v) is 10.7. The van der Waals surface area contributed by atoms with Crippen molar-refractivity contribution >= 4 is 35.0 Å². The molecule has 2 heterocycles. The van der Waals surface area contributed by atoms with Crippen LogP contribution in [0.5, 0.6) is 0 Å². The molecule has 8 heteroatoms. The zero-order valence-corrected chi connectivity index (χ0v) is 21.5. The molecule has 0 spiro atoms. The normalized spacial score (nSPS) is 24.9. The fraction of sp³-hybridized carbons (Fsp3) is 0.152. The molecule has 0 radical (unpaired) electrons. The first-order chi connectivity index (χ1) is 19.8. The number of rotatable bonds is 4. The van der Waals surface area contributed by atoms with Crippen molar-refractivity contribution in [3.05, 3.63) is 131 Å². The average Bonchev–Trinajstić information content (AvgIpc) is 3.37. The zero-order chi connectivity index (χ0) is 28.5. The SMILES string of the molecule is O=C1[C@@H]2c3ccccc3[C@H]3C(=O)N(c4ccc(F)cc4)C(=O)[C@@]3(Cc3ccccc3)[C@H]2C(=O)N1c1ccc(F)cc1. The third kappa shape index (κ3) is 3.46. The van der Waals surface area contributed by atoms with E-state index < -0.39 is 58.4 Å². The van der Waals surface area contributed by atoms with Gasteiger partial charge < -0.3 is 0 Å². The molecule has 0 aromatic heterocycles. The van der Waals surface area contributed by atoms with Crippen molar-refractivity contribution in [2.24, 2.45) is 11.3 Å². The molecule has 3 aliphatic rings. The Kier molecular flexibility index (Phi) is 5.51. The van der Waals surface area contributed by atoms with Gasteiger partial charge in [0, 0.05) is 0 Å². The number of amides is 4. The molecule has 41 heavy (non-hydrogen) atoms. The van der Waals surface area contributed by atoms with E-state index in [1.807, 2.05) is 18.2 Å². The molecule has 4 aromatic carbocycles. The van der Waals surface area contributed by atoms with Crippen LogP contribution in [0.15, 0.2) is 103 Å². The highest BCUT2D eigenvalue weighted by molar-refractivity contribution is 6.31. The Morgan fingerprint density at radius 3 is 1.73 bits per heavy atom. The van der Waals surface area contributed by atoms with Gasteiger partial charge in [-0.15, -0.1) is 0 Å². The second-order valence-electron chi connectivity index (χ2n) is 10.7. The predicted octanol–water partition coefficient (Wildman–Crippen LogP) is 5.14. The summed E-state index contributed by atoms with van der Waals surface area (Å²) in [6, 6.07) is 26.1. The molecule has 4 amide bonds. The summed E-state index contributed by atoms with van der Waals surface area (Å²) >= 11 is 0. The van der Waals surface area contributed by atoms with Gasteiger partial charge in [0.25, 0.3) is 0 Å². The minimum atomic E-state index is -1.65. The van der Waals surface area contributed by atoms with Crippen molar-refractivity contribution in [3.63, 3.8) is 0 Å². The van der Waals surface area contributed by atoms with E-state index in [2.05, 4.69) is 0 Å². The first kappa shape index (κ1) is 25.0. The fourth-order valence-corrected chi connectivity index (χ4v) is 6.96. The Balaban J connectivity index is 1.49. The van der Waals surface area contributed by atoms with E-state index in [0.717, 1.165) is 27.5 Å². The van der Waals surface area contributed by atoms with Gasteiger partial charge in [0.05, 0.1) is 34.5 Å². The third-order valence-electron chi connectivity index (χ3n) is 8.60. The molecule has 0 saturated carbocycles. The highest BCUT2D eigenvalue weighted by Crippen LogP contribution is 2.63. The van der Waals surface area contributed by atoms with Crippen molar-refractivity contribution in [1.29, 1.82) is 0 Å². The molecule has 202 valence electrons. The van der Waals surface area contributed by atoms with Crippen LogP contribution in [-0.2, 0) is 25.6 Å². The lowest BCUT2D eigenvalue weighted by atomic mass is 9.54. The monoisotopic (exact) mass is 548 g/mol. The minimum absolute atomic E-state index is 0.0204. The van der Waals surface area contributed by atoms with Gasteiger partial charge in [-0.05, 0) is 71.6 Å². The van der Waals surface area contributed by atoms with Gasteiger partial charge in [-0.25, -0.2) is 18.6 Å². The predicted molar refractivity (Wildman–Crippen MR) is 146 cm³/mol. The van der Waals surface area contributed by atoms with Crippen LogP contribution < -0.4 is 9.80 Å². The minimum Gasteiger partial charge on any atom is -0.274 e. The lowest BCUT2D eigenvalue weighted by molar-refractivity contribution is -0.138. The number of hydrogen-bond donors (Lipinski definition) is 0. The molecule has 0 unspecified atom stereocenters. The number of benzene rings is 4. The Bertz CT molecular complexity index is 1740. The Morgan fingerprint density at radius 2 is 1.12 bits per heavy atom. The van der Waals surface area contributed by atoms with Crippen LogP contribution in [0.25, 0.3) is 0 Å². The lowest BCUT2D eigenvalue weighted by Gasteiger charge is -2.43. The van der Waals surface area contributed by atoms with Gasteiger partial charge in [0.1, 0.15) is 11.6 Å². The van der Waals surface area contributed by atoms with Crippen molar-refractivity contribution in [2.45, 2.75) is 18.3 Å². The van der Waals surface area contributed by atoms with Gasteiger partial charge in [0.2, 0.25) is 23.6 Å². The van der Waals surface area contributed by atoms with Crippen molar-refractivity contribution in [3.8, 4) is 0 Å². The number of carbonyl (C=O) groups is 4. The van der Waals surface area contributed by atoms with Crippen molar-refractivity contribution in [1.82, 2.24) is 0 Å². The largest absolute Gasteiger partial charge is 0.274 e. The summed E-state index contributed by atoms with van der Waals surface area (Å²) < 4.78 is 27.6. The molecule has 2 saturated heterocycles. The number of fused-ring (bicyclic) bond motifs is 6. The summed E-state index contributed by atoms with van der Waals surface area (Å²) in [6.45, 7) is 0. The lowest BCUT2D eigenvalue weighted by Crippen LogP contribution is -2.51. The first-order valence-corrected chi connectivity index (χ1v) is 13.2. The first-order valence-electron chi connectivity index (χ1n) is 13.2. The molecule has 0 bridgehead atoms. The van der Waals surface area contributed by atoms with Gasteiger partial charge >= 0.3 is 0 Å². The second kappa shape index (κ2) is 9.02. The number of carbonyl (C=O) groups excluding carboxylic acids is 4. The van der Waals surface area contributed by atoms with Crippen LogP contribution in [-0.4, -0.2) is 23.6 Å². The highest BCUT2D eigenvalue weighted by Gasteiger charge is 2.73. The zero-order valence-electron chi connectivity index (χ0n) is 21.5. The maximum Gasteiger partial charge on any atom is 0.242 e. The van der Waals surface area contributed by atoms with E-state index in [9.17, 15) is 28.0 Å². The number of anilines is 2. The molecule has 4 atom stereocenters. The van der Waals surface area contributed by atoms with Crippen LogP contribution in [0.3, 0.4) is 0 Å². The topological polar surface area (TPSA) is 74.8 Å². The van der Waals surface area contributed by atoms with Crippen molar-refractivity contribution in [2.75, 3.05) is 9.80 Å². The van der Waals surface area contributed by atoms with E-state index >= 15 is 0 Å². The number of hydrogen-bond acceptors (Lipinski definition) is 4. The maximum absolute atomic E-state index is 14.7. The van der Waals surface area contributed by atoms with E-state index in [0.29, 0.717) is 11.1 Å². The summed E-state index contributed by atoms with van der Waals surface area (Å²) in [5, 5.41) is 0. The van der Waals surface area contributed by atoms with Crippen LogP contribution in [0.4, 0.5) is 20.2 Å². The summed E-state index contributed by atoms with van der Waals surface area (Å²) in [5.41, 5.74) is 0.466. The summed E-state index contributed by atoms with van der Waals surface area (Å²) in [4.78, 5) is 59.6. The molecule has 2 fully saturated rings. The Hall–Kier alpha value is -4.98. The smallest absolute Gasteiger partial charge is 0.242 e. The van der Waals surface area contributed by atoms with E-state index in [1.165, 1.54) is 36.4 Å².